The predicted molar refractivity (Wildman–Crippen MR) is 60.8 cm³/mol. The molecule has 1 atom stereocenters. The Bertz CT molecular complexity index is 404. The van der Waals surface area contributed by atoms with Gasteiger partial charge in [0.05, 0.1) is 0 Å². The molecule has 0 bridgehead atoms. The quantitative estimate of drug-likeness (QED) is 0.711. The number of aryl methyl sites for hydroxylation is 1. The number of fused-ring (bicyclic) bond motifs is 1. The first kappa shape index (κ1) is 10.8. The third kappa shape index (κ3) is 2.45. The molecule has 1 aromatic rings. The topological polar surface area (TPSA) is 78.2 Å². The summed E-state index contributed by atoms with van der Waals surface area (Å²) in [5.41, 5.74) is 8.57. The lowest BCUT2D eigenvalue weighted by atomic mass is 10.1. The molecule has 0 saturated carbocycles. The highest BCUT2D eigenvalue weighted by atomic mass is 16.4. The lowest BCUT2D eigenvalue weighted by Crippen LogP contribution is -2.31. The summed E-state index contributed by atoms with van der Waals surface area (Å²) in [7, 11) is 0. The summed E-state index contributed by atoms with van der Waals surface area (Å²) in [5, 5.41) is 13.8. The number of carboxylic acids is 1. The van der Waals surface area contributed by atoms with Gasteiger partial charge in [-0.25, -0.2) is 0 Å². The van der Waals surface area contributed by atoms with Gasteiger partial charge in [-0.3, -0.25) is 0 Å². The van der Waals surface area contributed by atoms with Gasteiger partial charge in [-0.1, -0.05) is 6.07 Å². The zero-order chi connectivity index (χ0) is 11.5. The Morgan fingerprint density at radius 3 is 3.12 bits per heavy atom. The molecule has 0 fully saturated rings. The molecule has 1 unspecified atom stereocenters. The third-order valence-corrected chi connectivity index (χ3v) is 2.91. The molecule has 0 aromatic heterocycles. The van der Waals surface area contributed by atoms with Crippen LogP contribution in [0.1, 0.15) is 24.8 Å². The molecule has 1 aliphatic heterocycles. The SMILES string of the molecule is Nc1ccc2c(c1)NC(CC(=O)[O-])CCC2. The van der Waals surface area contributed by atoms with Crippen LogP contribution < -0.4 is 16.2 Å². The van der Waals surface area contributed by atoms with Gasteiger partial charge in [0.2, 0.25) is 0 Å². The van der Waals surface area contributed by atoms with Gasteiger partial charge in [0.25, 0.3) is 0 Å². The van der Waals surface area contributed by atoms with Crippen molar-refractivity contribution in [1.82, 2.24) is 0 Å². The number of carbonyl (C=O) groups excluding carboxylic acids is 1. The number of hydrogen-bond acceptors (Lipinski definition) is 4. The lowest BCUT2D eigenvalue weighted by Gasteiger charge is -2.18. The molecule has 0 saturated heterocycles. The summed E-state index contributed by atoms with van der Waals surface area (Å²) in [6.45, 7) is 0. The van der Waals surface area contributed by atoms with Crippen LogP contribution in [0.25, 0.3) is 0 Å². The summed E-state index contributed by atoms with van der Waals surface area (Å²) < 4.78 is 0. The first-order valence-corrected chi connectivity index (χ1v) is 5.50. The van der Waals surface area contributed by atoms with Crippen molar-refractivity contribution in [3.05, 3.63) is 23.8 Å². The average molecular weight is 219 g/mol. The summed E-state index contributed by atoms with van der Waals surface area (Å²) in [6, 6.07) is 5.69. The highest BCUT2D eigenvalue weighted by Gasteiger charge is 2.15. The molecule has 86 valence electrons. The van der Waals surface area contributed by atoms with Crippen molar-refractivity contribution in [3.8, 4) is 0 Å². The number of anilines is 2. The van der Waals surface area contributed by atoms with Crippen LogP contribution in [0.5, 0.6) is 0 Å². The Morgan fingerprint density at radius 1 is 1.56 bits per heavy atom. The van der Waals surface area contributed by atoms with E-state index in [-0.39, 0.29) is 12.5 Å². The number of nitrogen functional groups attached to an aromatic ring is 1. The highest BCUT2D eigenvalue weighted by molar-refractivity contribution is 5.67. The second-order valence-electron chi connectivity index (χ2n) is 4.23. The van der Waals surface area contributed by atoms with Crippen molar-refractivity contribution in [2.75, 3.05) is 11.1 Å². The molecule has 0 radical (unpaired) electrons. The molecule has 1 aromatic carbocycles. The Hall–Kier alpha value is -1.71. The average Bonchev–Trinajstić information content (AvgIpc) is 2.37. The lowest BCUT2D eigenvalue weighted by molar-refractivity contribution is -0.305. The monoisotopic (exact) mass is 219 g/mol. The van der Waals surface area contributed by atoms with Crippen LogP contribution in [0.4, 0.5) is 11.4 Å². The number of hydrogen-bond donors (Lipinski definition) is 2. The van der Waals surface area contributed by atoms with Gasteiger partial charge in [0, 0.05) is 29.8 Å². The van der Waals surface area contributed by atoms with E-state index in [0.29, 0.717) is 5.69 Å². The van der Waals surface area contributed by atoms with Crippen LogP contribution in [-0.2, 0) is 11.2 Å². The molecular weight excluding hydrogens is 204 g/mol. The van der Waals surface area contributed by atoms with Crippen molar-refractivity contribution in [1.29, 1.82) is 0 Å². The molecule has 1 heterocycles. The Labute approximate surface area is 94.5 Å². The molecule has 0 aliphatic carbocycles. The number of benzene rings is 1. The fourth-order valence-electron chi connectivity index (χ4n) is 2.13. The molecule has 0 spiro atoms. The van der Waals surface area contributed by atoms with Crippen molar-refractivity contribution < 1.29 is 9.90 Å². The molecule has 3 N–H and O–H groups in total. The van der Waals surface area contributed by atoms with Crippen LogP contribution in [-0.4, -0.2) is 12.0 Å². The summed E-state index contributed by atoms with van der Waals surface area (Å²) >= 11 is 0. The van der Waals surface area contributed by atoms with Gasteiger partial charge in [-0.05, 0) is 37.0 Å². The second-order valence-corrected chi connectivity index (χ2v) is 4.23. The standard InChI is InChI=1S/C12H16N2O2/c13-9-5-4-8-2-1-3-10(7-12(15)16)14-11(8)6-9/h4-6,10,14H,1-3,7,13H2,(H,15,16)/p-1. The maximum absolute atomic E-state index is 10.6. The normalized spacial score (nSPS) is 19.4. The first-order valence-electron chi connectivity index (χ1n) is 5.50. The van der Waals surface area contributed by atoms with E-state index in [9.17, 15) is 9.90 Å². The Kier molecular flexibility index (Phi) is 2.99. The van der Waals surface area contributed by atoms with E-state index < -0.39 is 5.97 Å². The van der Waals surface area contributed by atoms with E-state index in [0.717, 1.165) is 24.9 Å². The highest BCUT2D eigenvalue weighted by Crippen LogP contribution is 2.26. The van der Waals surface area contributed by atoms with Crippen LogP contribution >= 0.6 is 0 Å². The smallest absolute Gasteiger partial charge is 0.0434 e. The van der Waals surface area contributed by atoms with E-state index >= 15 is 0 Å². The third-order valence-electron chi connectivity index (χ3n) is 2.91. The summed E-state index contributed by atoms with van der Waals surface area (Å²) in [6.07, 6.45) is 2.85. The zero-order valence-electron chi connectivity index (χ0n) is 9.03. The number of carboxylic acid groups (broad SMARTS) is 1. The van der Waals surface area contributed by atoms with Gasteiger partial charge in [0.15, 0.2) is 0 Å². The van der Waals surface area contributed by atoms with E-state index in [1.54, 1.807) is 0 Å². The van der Waals surface area contributed by atoms with Gasteiger partial charge in [0.1, 0.15) is 0 Å². The zero-order valence-corrected chi connectivity index (χ0v) is 9.03. The number of nitrogens with one attached hydrogen (secondary N) is 1. The van der Waals surface area contributed by atoms with Gasteiger partial charge in [-0.2, -0.15) is 0 Å². The van der Waals surface area contributed by atoms with Gasteiger partial charge >= 0.3 is 0 Å². The minimum absolute atomic E-state index is 0.0481. The van der Waals surface area contributed by atoms with E-state index in [2.05, 4.69) is 5.32 Å². The predicted octanol–water partition coefficient (Wildman–Crippen LogP) is 0.526. The van der Waals surface area contributed by atoms with Crippen molar-refractivity contribution in [2.24, 2.45) is 0 Å². The van der Waals surface area contributed by atoms with Crippen LogP contribution in [0.2, 0.25) is 0 Å². The fraction of sp³-hybridized carbons (Fsp3) is 0.417. The minimum Gasteiger partial charge on any atom is -0.550 e. The van der Waals surface area contributed by atoms with Crippen LogP contribution in [0.3, 0.4) is 0 Å². The largest absolute Gasteiger partial charge is 0.550 e. The molecule has 4 heteroatoms. The summed E-state index contributed by atoms with van der Waals surface area (Å²) in [4.78, 5) is 10.6. The molecule has 2 rings (SSSR count). The van der Waals surface area contributed by atoms with Crippen molar-refractivity contribution in [2.45, 2.75) is 31.7 Å². The molecule has 16 heavy (non-hydrogen) atoms. The number of carbonyl (C=O) groups is 1. The molecule has 0 amide bonds. The number of aliphatic carboxylic acids is 1. The number of rotatable bonds is 2. The Morgan fingerprint density at radius 2 is 2.38 bits per heavy atom. The van der Waals surface area contributed by atoms with E-state index in [1.807, 2.05) is 18.2 Å². The molecule has 1 aliphatic rings. The second kappa shape index (κ2) is 4.43. The van der Waals surface area contributed by atoms with Crippen molar-refractivity contribution >= 4 is 17.3 Å². The molecular formula is C12H15N2O2-. The number of nitrogens with two attached hydrogens (primary N) is 1. The van der Waals surface area contributed by atoms with Crippen LogP contribution in [0, 0.1) is 0 Å². The fourth-order valence-corrected chi connectivity index (χ4v) is 2.13. The maximum atomic E-state index is 10.6. The maximum Gasteiger partial charge on any atom is 0.0434 e. The van der Waals surface area contributed by atoms with Crippen molar-refractivity contribution in [3.63, 3.8) is 0 Å². The summed E-state index contributed by atoms with van der Waals surface area (Å²) in [5.74, 6) is -1.01. The van der Waals surface area contributed by atoms with E-state index in [1.165, 1.54) is 5.56 Å². The van der Waals surface area contributed by atoms with Crippen LogP contribution in [0.15, 0.2) is 18.2 Å². The minimum atomic E-state index is -1.01. The first-order chi connectivity index (χ1) is 7.65. The van der Waals surface area contributed by atoms with Gasteiger partial charge < -0.3 is 21.0 Å². The van der Waals surface area contributed by atoms with Gasteiger partial charge in [-0.15, -0.1) is 0 Å². The van der Waals surface area contributed by atoms with E-state index in [4.69, 9.17) is 5.73 Å². The Balaban J connectivity index is 2.19. The molecule has 4 nitrogen and oxygen atoms in total.